The Kier molecular flexibility index (Phi) is 3.92. The minimum atomic E-state index is -0.206. The summed E-state index contributed by atoms with van der Waals surface area (Å²) in [4.78, 5) is 25.9. The van der Waals surface area contributed by atoms with E-state index >= 15 is 0 Å². The highest BCUT2D eigenvalue weighted by atomic mass is 16.2. The lowest BCUT2D eigenvalue weighted by atomic mass is 10.1. The molecule has 1 N–H and O–H groups in total. The highest BCUT2D eigenvalue weighted by Gasteiger charge is 2.23. The van der Waals surface area contributed by atoms with E-state index in [9.17, 15) is 9.59 Å². The van der Waals surface area contributed by atoms with Gasteiger partial charge in [-0.1, -0.05) is 6.07 Å². The monoisotopic (exact) mass is 348 g/mol. The van der Waals surface area contributed by atoms with Crippen molar-refractivity contribution in [1.82, 2.24) is 20.2 Å². The summed E-state index contributed by atoms with van der Waals surface area (Å²) < 4.78 is 1.52. The van der Waals surface area contributed by atoms with Crippen LogP contribution in [0.3, 0.4) is 0 Å². The number of carbonyl (C=O) groups excluding carboxylic acids is 2. The molecule has 4 rings (SSSR count). The van der Waals surface area contributed by atoms with Crippen molar-refractivity contribution >= 4 is 23.2 Å². The third-order valence-electron chi connectivity index (χ3n) is 4.33. The zero-order chi connectivity index (χ0) is 18.1. The first kappa shape index (κ1) is 15.9. The Bertz CT molecular complexity index is 983. The van der Waals surface area contributed by atoms with Crippen LogP contribution in [-0.4, -0.2) is 38.6 Å². The molecule has 8 nitrogen and oxygen atoms in total. The first-order valence-electron chi connectivity index (χ1n) is 8.17. The van der Waals surface area contributed by atoms with E-state index in [-0.39, 0.29) is 11.8 Å². The van der Waals surface area contributed by atoms with Gasteiger partial charge < -0.3 is 10.2 Å². The fourth-order valence-corrected chi connectivity index (χ4v) is 3.08. The van der Waals surface area contributed by atoms with Crippen LogP contribution in [0, 0.1) is 0 Å². The lowest BCUT2D eigenvalue weighted by Gasteiger charge is -2.14. The van der Waals surface area contributed by atoms with E-state index in [0.717, 1.165) is 23.4 Å². The van der Waals surface area contributed by atoms with Gasteiger partial charge in [0.2, 0.25) is 5.91 Å². The molecule has 0 saturated carbocycles. The Morgan fingerprint density at radius 3 is 2.81 bits per heavy atom. The van der Waals surface area contributed by atoms with Crippen LogP contribution < -0.4 is 10.2 Å². The van der Waals surface area contributed by atoms with Gasteiger partial charge in [-0.3, -0.25) is 9.59 Å². The Hall–Kier alpha value is -3.55. The maximum Gasteiger partial charge on any atom is 0.255 e. The van der Waals surface area contributed by atoms with Gasteiger partial charge >= 0.3 is 0 Å². The maximum atomic E-state index is 12.6. The molecule has 0 fully saturated rings. The molecule has 0 spiro atoms. The Balaban J connectivity index is 1.54. The average Bonchev–Trinajstić information content (AvgIpc) is 3.31. The number of hydrogen-bond donors (Lipinski definition) is 1. The maximum absolute atomic E-state index is 12.6. The van der Waals surface area contributed by atoms with Gasteiger partial charge in [0, 0.05) is 30.4 Å². The Morgan fingerprint density at radius 2 is 2.04 bits per heavy atom. The number of fused-ring (bicyclic) bond motifs is 1. The van der Waals surface area contributed by atoms with Crippen LogP contribution in [0.2, 0.25) is 0 Å². The minimum absolute atomic E-state index is 0.0142. The van der Waals surface area contributed by atoms with Crippen molar-refractivity contribution < 1.29 is 9.59 Å². The predicted molar refractivity (Wildman–Crippen MR) is 95.3 cm³/mol. The summed E-state index contributed by atoms with van der Waals surface area (Å²) in [5, 5.41) is 13.9. The summed E-state index contributed by atoms with van der Waals surface area (Å²) in [6, 6.07) is 12.7. The number of hydrogen-bond acceptors (Lipinski definition) is 5. The molecule has 2 amide bonds. The molecule has 0 atom stereocenters. The summed E-state index contributed by atoms with van der Waals surface area (Å²) in [6.07, 6.45) is 2.24. The van der Waals surface area contributed by atoms with Crippen molar-refractivity contribution in [2.45, 2.75) is 13.3 Å². The molecule has 3 aromatic rings. The first-order valence-corrected chi connectivity index (χ1v) is 8.17. The summed E-state index contributed by atoms with van der Waals surface area (Å²) in [5.74, 6) is -0.191. The molecule has 0 bridgehead atoms. The molecule has 1 aliphatic rings. The second-order valence-corrected chi connectivity index (χ2v) is 6.02. The standard InChI is InChI=1S/C18H16N6O2/c1-12(25)23-8-7-13-9-14(5-6-17(13)23)18(26)20-15-3-2-4-16(10-15)24-11-19-21-22-24/h2-6,9-11H,7-8H2,1H3,(H,20,26). The Labute approximate surface area is 149 Å². The molecule has 26 heavy (non-hydrogen) atoms. The fourth-order valence-electron chi connectivity index (χ4n) is 3.08. The average molecular weight is 348 g/mol. The van der Waals surface area contributed by atoms with Gasteiger partial charge in [-0.05, 0) is 58.8 Å². The third-order valence-corrected chi connectivity index (χ3v) is 4.33. The lowest BCUT2D eigenvalue weighted by Crippen LogP contribution is -2.25. The van der Waals surface area contributed by atoms with E-state index in [1.807, 2.05) is 24.3 Å². The van der Waals surface area contributed by atoms with Crippen LogP contribution in [0.1, 0.15) is 22.8 Å². The minimum Gasteiger partial charge on any atom is -0.322 e. The van der Waals surface area contributed by atoms with E-state index in [0.29, 0.717) is 17.8 Å². The van der Waals surface area contributed by atoms with E-state index in [2.05, 4.69) is 20.8 Å². The SMILES string of the molecule is CC(=O)N1CCc2cc(C(=O)Nc3cccc(-n4cnnn4)c3)ccc21. The van der Waals surface area contributed by atoms with E-state index in [1.165, 1.54) is 11.0 Å². The molecule has 1 aliphatic heterocycles. The number of carbonyl (C=O) groups is 2. The molecular weight excluding hydrogens is 332 g/mol. The van der Waals surface area contributed by atoms with Gasteiger partial charge in [0.05, 0.1) is 5.69 Å². The summed E-state index contributed by atoms with van der Waals surface area (Å²) >= 11 is 0. The smallest absolute Gasteiger partial charge is 0.255 e. The largest absolute Gasteiger partial charge is 0.322 e. The second kappa shape index (κ2) is 6.40. The van der Waals surface area contributed by atoms with Gasteiger partial charge in [0.15, 0.2) is 0 Å². The van der Waals surface area contributed by atoms with Crippen LogP contribution in [0.4, 0.5) is 11.4 Å². The van der Waals surface area contributed by atoms with Crippen molar-refractivity contribution in [3.8, 4) is 5.69 Å². The number of nitrogens with zero attached hydrogens (tertiary/aromatic N) is 5. The number of benzene rings is 2. The first-order chi connectivity index (χ1) is 12.6. The molecule has 0 unspecified atom stereocenters. The van der Waals surface area contributed by atoms with Crippen LogP contribution in [0.15, 0.2) is 48.8 Å². The van der Waals surface area contributed by atoms with Crippen molar-refractivity contribution in [3.05, 3.63) is 59.9 Å². The topological polar surface area (TPSA) is 93.0 Å². The van der Waals surface area contributed by atoms with E-state index in [1.54, 1.807) is 30.0 Å². The normalized spacial score (nSPS) is 12.7. The van der Waals surface area contributed by atoms with Crippen molar-refractivity contribution in [2.75, 3.05) is 16.8 Å². The predicted octanol–water partition coefficient (Wildman–Crippen LogP) is 1.82. The van der Waals surface area contributed by atoms with E-state index in [4.69, 9.17) is 0 Å². The van der Waals surface area contributed by atoms with Gasteiger partial charge in [-0.2, -0.15) is 0 Å². The summed E-state index contributed by atoms with van der Waals surface area (Å²) in [5.41, 5.74) is 3.85. The van der Waals surface area contributed by atoms with Gasteiger partial charge in [0.1, 0.15) is 6.33 Å². The number of nitrogens with one attached hydrogen (secondary N) is 1. The molecule has 1 aromatic heterocycles. The van der Waals surface area contributed by atoms with Crippen LogP contribution in [0.5, 0.6) is 0 Å². The number of anilines is 2. The number of aromatic nitrogens is 4. The fraction of sp³-hybridized carbons (Fsp3) is 0.167. The molecule has 0 saturated heterocycles. The number of rotatable bonds is 3. The lowest BCUT2D eigenvalue weighted by molar-refractivity contribution is -0.116. The molecule has 0 aliphatic carbocycles. The zero-order valence-electron chi connectivity index (χ0n) is 14.1. The Morgan fingerprint density at radius 1 is 1.15 bits per heavy atom. The quantitative estimate of drug-likeness (QED) is 0.779. The van der Waals surface area contributed by atoms with Gasteiger partial charge in [-0.15, -0.1) is 5.10 Å². The number of tetrazole rings is 1. The van der Waals surface area contributed by atoms with Crippen LogP contribution >= 0.6 is 0 Å². The van der Waals surface area contributed by atoms with Crippen molar-refractivity contribution in [1.29, 1.82) is 0 Å². The van der Waals surface area contributed by atoms with E-state index < -0.39 is 0 Å². The second-order valence-electron chi connectivity index (χ2n) is 6.02. The third kappa shape index (κ3) is 2.92. The summed E-state index contributed by atoms with van der Waals surface area (Å²) in [6.45, 7) is 2.21. The van der Waals surface area contributed by atoms with Gasteiger partial charge in [0.25, 0.3) is 5.91 Å². The molecule has 130 valence electrons. The highest BCUT2D eigenvalue weighted by molar-refractivity contribution is 6.05. The van der Waals surface area contributed by atoms with Crippen molar-refractivity contribution in [2.24, 2.45) is 0 Å². The molecular formula is C18H16N6O2. The highest BCUT2D eigenvalue weighted by Crippen LogP contribution is 2.29. The molecule has 2 heterocycles. The van der Waals surface area contributed by atoms with Crippen LogP contribution in [0.25, 0.3) is 5.69 Å². The molecule has 2 aromatic carbocycles. The molecule has 0 radical (unpaired) electrons. The van der Waals surface area contributed by atoms with Crippen molar-refractivity contribution in [3.63, 3.8) is 0 Å². The zero-order valence-corrected chi connectivity index (χ0v) is 14.1. The molecule has 8 heteroatoms. The number of amides is 2. The van der Waals surface area contributed by atoms with Gasteiger partial charge in [-0.25, -0.2) is 4.68 Å². The summed E-state index contributed by atoms with van der Waals surface area (Å²) in [7, 11) is 0. The van der Waals surface area contributed by atoms with Crippen LogP contribution in [-0.2, 0) is 11.2 Å².